The first-order chi connectivity index (χ1) is 13.7. The van der Waals surface area contributed by atoms with Crippen LogP contribution in [-0.4, -0.2) is 67.5 Å². The topological polar surface area (TPSA) is 69.1 Å². The summed E-state index contributed by atoms with van der Waals surface area (Å²) in [5.41, 5.74) is 0.947. The standard InChI is InChI=1S/C21H33FN4O2.HI/c1-2-23-21(25-18-6-8-19(27)9-7-18)24-15-20(26-10-12-28-13-11-26)16-4-3-5-17(22)14-16;/h3-5,14,18-20,27H,2,6-13,15H2,1H3,(H2,23,24,25);1H. The molecule has 0 radical (unpaired) electrons. The Morgan fingerprint density at radius 1 is 1.28 bits per heavy atom. The second-order valence-corrected chi connectivity index (χ2v) is 7.59. The lowest BCUT2D eigenvalue weighted by atomic mass is 9.93. The van der Waals surface area contributed by atoms with Crippen molar-refractivity contribution in [3.8, 4) is 0 Å². The quantitative estimate of drug-likeness (QED) is 0.306. The van der Waals surface area contributed by atoms with Gasteiger partial charge in [0.15, 0.2) is 5.96 Å². The van der Waals surface area contributed by atoms with Crippen LogP contribution in [-0.2, 0) is 4.74 Å². The zero-order valence-electron chi connectivity index (χ0n) is 17.1. The molecule has 2 fully saturated rings. The van der Waals surface area contributed by atoms with Gasteiger partial charge in [0, 0.05) is 25.7 Å². The molecule has 1 aliphatic carbocycles. The number of hydrogen-bond acceptors (Lipinski definition) is 4. The lowest BCUT2D eigenvalue weighted by molar-refractivity contribution is 0.0179. The lowest BCUT2D eigenvalue weighted by Gasteiger charge is -2.34. The van der Waals surface area contributed by atoms with E-state index in [4.69, 9.17) is 9.73 Å². The smallest absolute Gasteiger partial charge is 0.191 e. The molecule has 3 rings (SSSR count). The summed E-state index contributed by atoms with van der Waals surface area (Å²) in [5, 5.41) is 16.5. The Morgan fingerprint density at radius 3 is 2.66 bits per heavy atom. The van der Waals surface area contributed by atoms with Crippen molar-refractivity contribution in [2.24, 2.45) is 4.99 Å². The van der Waals surface area contributed by atoms with Crippen LogP contribution >= 0.6 is 24.0 Å². The largest absolute Gasteiger partial charge is 0.393 e. The van der Waals surface area contributed by atoms with E-state index in [0.717, 1.165) is 56.8 Å². The van der Waals surface area contributed by atoms with Gasteiger partial charge < -0.3 is 20.5 Å². The molecule has 3 N–H and O–H groups in total. The highest BCUT2D eigenvalue weighted by molar-refractivity contribution is 14.0. The zero-order chi connectivity index (χ0) is 19.8. The van der Waals surface area contributed by atoms with Crippen LogP contribution in [0.5, 0.6) is 0 Å². The van der Waals surface area contributed by atoms with E-state index in [1.165, 1.54) is 6.07 Å². The summed E-state index contributed by atoms with van der Waals surface area (Å²) < 4.78 is 19.3. The number of guanidine groups is 1. The van der Waals surface area contributed by atoms with Gasteiger partial charge in [0.1, 0.15) is 5.82 Å². The van der Waals surface area contributed by atoms with E-state index < -0.39 is 0 Å². The maximum absolute atomic E-state index is 13.8. The van der Waals surface area contributed by atoms with E-state index in [-0.39, 0.29) is 41.9 Å². The summed E-state index contributed by atoms with van der Waals surface area (Å²) in [5.74, 6) is 0.573. The predicted octanol–water partition coefficient (Wildman–Crippen LogP) is 2.68. The van der Waals surface area contributed by atoms with Crippen LogP contribution in [0.15, 0.2) is 29.3 Å². The Labute approximate surface area is 190 Å². The number of benzene rings is 1. The molecular formula is C21H34FIN4O2. The molecule has 0 bridgehead atoms. The van der Waals surface area contributed by atoms with Crippen molar-refractivity contribution in [1.29, 1.82) is 0 Å². The van der Waals surface area contributed by atoms with Gasteiger partial charge in [-0.1, -0.05) is 12.1 Å². The fourth-order valence-corrected chi connectivity index (χ4v) is 3.95. The molecular weight excluding hydrogens is 486 g/mol. The van der Waals surface area contributed by atoms with Gasteiger partial charge in [-0.2, -0.15) is 0 Å². The van der Waals surface area contributed by atoms with E-state index >= 15 is 0 Å². The Morgan fingerprint density at radius 2 is 2.00 bits per heavy atom. The van der Waals surface area contributed by atoms with Gasteiger partial charge in [-0.25, -0.2) is 4.39 Å². The van der Waals surface area contributed by atoms with E-state index in [9.17, 15) is 9.50 Å². The highest BCUT2D eigenvalue weighted by Gasteiger charge is 2.24. The first kappa shape index (κ1) is 24.3. The van der Waals surface area contributed by atoms with E-state index in [1.807, 2.05) is 13.0 Å². The Balaban J connectivity index is 0.00000300. The van der Waals surface area contributed by atoms with Crippen LogP contribution in [0.25, 0.3) is 0 Å². The minimum Gasteiger partial charge on any atom is -0.393 e. The van der Waals surface area contributed by atoms with Crippen LogP contribution in [0.1, 0.15) is 44.2 Å². The van der Waals surface area contributed by atoms with Gasteiger partial charge in [-0.05, 0) is 50.3 Å². The molecule has 1 saturated heterocycles. The van der Waals surface area contributed by atoms with Gasteiger partial charge in [-0.3, -0.25) is 9.89 Å². The number of nitrogens with zero attached hydrogens (tertiary/aromatic N) is 2. The average Bonchev–Trinajstić information content (AvgIpc) is 2.71. The maximum Gasteiger partial charge on any atom is 0.191 e. The van der Waals surface area contributed by atoms with Crippen LogP contribution in [0.4, 0.5) is 4.39 Å². The minimum absolute atomic E-state index is 0. The second-order valence-electron chi connectivity index (χ2n) is 7.59. The third-order valence-corrected chi connectivity index (χ3v) is 5.52. The molecule has 164 valence electrons. The minimum atomic E-state index is -0.217. The molecule has 6 nitrogen and oxygen atoms in total. The molecule has 1 atom stereocenters. The molecule has 0 amide bonds. The van der Waals surface area contributed by atoms with Gasteiger partial charge >= 0.3 is 0 Å². The molecule has 1 aliphatic heterocycles. The summed E-state index contributed by atoms with van der Waals surface area (Å²) in [6, 6.07) is 7.17. The monoisotopic (exact) mass is 520 g/mol. The average molecular weight is 520 g/mol. The molecule has 2 aliphatic rings. The molecule has 1 aromatic carbocycles. The van der Waals surface area contributed by atoms with Crippen molar-refractivity contribution in [2.45, 2.75) is 50.8 Å². The summed E-state index contributed by atoms with van der Waals surface area (Å²) >= 11 is 0. The number of morpholine rings is 1. The van der Waals surface area contributed by atoms with Gasteiger partial charge in [0.2, 0.25) is 0 Å². The highest BCUT2D eigenvalue weighted by Crippen LogP contribution is 2.23. The fraction of sp³-hybridized carbons (Fsp3) is 0.667. The Kier molecular flexibility index (Phi) is 10.6. The van der Waals surface area contributed by atoms with Crippen molar-refractivity contribution in [3.05, 3.63) is 35.6 Å². The summed E-state index contributed by atoms with van der Waals surface area (Å²) in [6.45, 7) is 6.41. The molecule has 29 heavy (non-hydrogen) atoms. The SMILES string of the molecule is CCNC(=NCC(c1cccc(F)c1)N1CCOCC1)NC1CCC(O)CC1.I. The number of aliphatic hydroxyl groups excluding tert-OH is 1. The van der Waals surface area contributed by atoms with Crippen molar-refractivity contribution >= 4 is 29.9 Å². The van der Waals surface area contributed by atoms with Crippen molar-refractivity contribution in [3.63, 3.8) is 0 Å². The fourth-order valence-electron chi connectivity index (χ4n) is 3.95. The van der Waals surface area contributed by atoms with Gasteiger partial charge in [0.25, 0.3) is 0 Å². The molecule has 1 heterocycles. The number of rotatable bonds is 6. The zero-order valence-corrected chi connectivity index (χ0v) is 19.5. The third kappa shape index (κ3) is 7.66. The molecule has 1 aromatic rings. The van der Waals surface area contributed by atoms with Crippen molar-refractivity contribution < 1.29 is 14.2 Å². The summed E-state index contributed by atoms with van der Waals surface area (Å²) in [4.78, 5) is 7.16. The number of hydrogen-bond donors (Lipinski definition) is 3. The van der Waals surface area contributed by atoms with E-state index in [1.54, 1.807) is 12.1 Å². The number of halogens is 2. The molecule has 1 unspecified atom stereocenters. The predicted molar refractivity (Wildman–Crippen MR) is 124 cm³/mol. The van der Waals surface area contributed by atoms with Crippen LogP contribution in [0.2, 0.25) is 0 Å². The Hall–Kier alpha value is -0.970. The van der Waals surface area contributed by atoms with Crippen molar-refractivity contribution in [1.82, 2.24) is 15.5 Å². The molecule has 0 aromatic heterocycles. The first-order valence-electron chi connectivity index (χ1n) is 10.5. The molecule has 1 saturated carbocycles. The maximum atomic E-state index is 13.8. The third-order valence-electron chi connectivity index (χ3n) is 5.52. The van der Waals surface area contributed by atoms with Crippen LogP contribution in [0, 0.1) is 5.82 Å². The summed E-state index contributed by atoms with van der Waals surface area (Å²) in [7, 11) is 0. The number of ether oxygens (including phenoxy) is 1. The number of aliphatic imine (C=N–C) groups is 1. The lowest BCUT2D eigenvalue weighted by Crippen LogP contribution is -2.46. The van der Waals surface area contributed by atoms with Gasteiger partial charge in [0.05, 0.1) is 31.9 Å². The summed E-state index contributed by atoms with van der Waals surface area (Å²) in [6.07, 6.45) is 3.38. The first-order valence-corrected chi connectivity index (χ1v) is 10.5. The normalized spacial score (nSPS) is 24.4. The molecule has 8 heteroatoms. The number of aliphatic hydroxyl groups is 1. The second kappa shape index (κ2) is 12.7. The van der Waals surface area contributed by atoms with E-state index in [0.29, 0.717) is 25.8 Å². The highest BCUT2D eigenvalue weighted by atomic mass is 127. The number of nitrogens with one attached hydrogen (secondary N) is 2. The molecule has 0 spiro atoms. The van der Waals surface area contributed by atoms with E-state index in [2.05, 4.69) is 15.5 Å². The van der Waals surface area contributed by atoms with Crippen LogP contribution < -0.4 is 10.6 Å². The van der Waals surface area contributed by atoms with Crippen molar-refractivity contribution in [2.75, 3.05) is 39.4 Å². The van der Waals surface area contributed by atoms with Crippen LogP contribution in [0.3, 0.4) is 0 Å². The van der Waals surface area contributed by atoms with Gasteiger partial charge in [-0.15, -0.1) is 24.0 Å². The Bertz CT molecular complexity index is 635.